The maximum atomic E-state index is 13.3. The van der Waals surface area contributed by atoms with Gasteiger partial charge in [0.05, 0.1) is 0 Å². The molecule has 1 aromatic rings. The average Bonchev–Trinajstić information content (AvgIpc) is 2.70. The lowest BCUT2D eigenvalue weighted by atomic mass is 9.93. The van der Waals surface area contributed by atoms with E-state index in [1.165, 1.54) is 19.0 Å². The molecule has 3 heteroatoms. The fraction of sp³-hybridized carbons (Fsp3) is 0.545. The Bertz CT molecular complexity index is 308. The van der Waals surface area contributed by atoms with Crippen molar-refractivity contribution in [3.63, 3.8) is 0 Å². The van der Waals surface area contributed by atoms with Crippen molar-refractivity contribution < 1.29 is 4.39 Å². The van der Waals surface area contributed by atoms with Crippen molar-refractivity contribution in [2.45, 2.75) is 31.7 Å². The molecular weight excluding hydrogens is 179 g/mol. The zero-order valence-electron chi connectivity index (χ0n) is 8.12. The number of hydrogen-bond acceptors (Lipinski definition) is 2. The fourth-order valence-electron chi connectivity index (χ4n) is 2.22. The van der Waals surface area contributed by atoms with Gasteiger partial charge >= 0.3 is 0 Å². The van der Waals surface area contributed by atoms with Crippen LogP contribution in [0.5, 0.6) is 0 Å². The lowest BCUT2D eigenvalue weighted by Crippen LogP contribution is -2.20. The molecule has 14 heavy (non-hydrogen) atoms. The molecular formula is C11H15FN2. The third-order valence-electron chi connectivity index (χ3n) is 3.05. The van der Waals surface area contributed by atoms with Gasteiger partial charge in [-0.1, -0.05) is 18.9 Å². The van der Waals surface area contributed by atoms with E-state index in [0.717, 1.165) is 12.8 Å². The summed E-state index contributed by atoms with van der Waals surface area (Å²) >= 11 is 0. The molecule has 0 spiro atoms. The SMILES string of the molecule is N[C@H](c1cccnc1F)C1CCCC1. The summed E-state index contributed by atoms with van der Waals surface area (Å²) in [5.41, 5.74) is 6.59. The summed E-state index contributed by atoms with van der Waals surface area (Å²) in [6, 6.07) is 3.31. The van der Waals surface area contributed by atoms with Gasteiger partial charge in [0.2, 0.25) is 5.95 Å². The first-order valence-corrected chi connectivity index (χ1v) is 5.15. The van der Waals surface area contributed by atoms with E-state index in [-0.39, 0.29) is 6.04 Å². The number of rotatable bonds is 2. The van der Waals surface area contributed by atoms with E-state index in [1.54, 1.807) is 12.1 Å². The predicted molar refractivity (Wildman–Crippen MR) is 53.1 cm³/mol. The molecule has 2 N–H and O–H groups in total. The molecule has 76 valence electrons. The summed E-state index contributed by atoms with van der Waals surface area (Å²) in [6.07, 6.45) is 6.14. The Labute approximate surface area is 83.3 Å². The molecule has 1 aliphatic rings. The summed E-state index contributed by atoms with van der Waals surface area (Å²) in [5, 5.41) is 0. The Morgan fingerprint density at radius 3 is 2.79 bits per heavy atom. The number of halogens is 1. The largest absolute Gasteiger partial charge is 0.324 e. The average molecular weight is 194 g/mol. The molecule has 0 unspecified atom stereocenters. The van der Waals surface area contributed by atoms with Crippen LogP contribution in [-0.2, 0) is 0 Å². The number of pyridine rings is 1. The summed E-state index contributed by atoms with van der Waals surface area (Å²) in [5.74, 6) is 0.0283. The first-order chi connectivity index (χ1) is 6.79. The second-order valence-corrected chi connectivity index (χ2v) is 3.95. The highest BCUT2D eigenvalue weighted by atomic mass is 19.1. The molecule has 1 atom stereocenters. The van der Waals surface area contributed by atoms with Gasteiger partial charge in [0.25, 0.3) is 0 Å². The van der Waals surface area contributed by atoms with Crippen LogP contribution in [0.1, 0.15) is 37.3 Å². The molecule has 0 aromatic carbocycles. The number of aromatic nitrogens is 1. The van der Waals surface area contributed by atoms with Crippen molar-refractivity contribution in [2.24, 2.45) is 11.7 Å². The second-order valence-electron chi connectivity index (χ2n) is 3.95. The Morgan fingerprint density at radius 2 is 2.14 bits per heavy atom. The van der Waals surface area contributed by atoms with E-state index >= 15 is 0 Å². The van der Waals surface area contributed by atoms with Crippen molar-refractivity contribution in [2.75, 3.05) is 0 Å². The third-order valence-corrected chi connectivity index (χ3v) is 3.05. The quantitative estimate of drug-likeness (QED) is 0.734. The Morgan fingerprint density at radius 1 is 1.43 bits per heavy atom. The Kier molecular flexibility index (Phi) is 2.77. The normalized spacial score (nSPS) is 19.9. The zero-order valence-corrected chi connectivity index (χ0v) is 8.12. The van der Waals surface area contributed by atoms with Crippen molar-refractivity contribution >= 4 is 0 Å². The van der Waals surface area contributed by atoms with Gasteiger partial charge in [-0.05, 0) is 24.8 Å². The van der Waals surface area contributed by atoms with Crippen LogP contribution >= 0.6 is 0 Å². The second kappa shape index (κ2) is 4.05. The van der Waals surface area contributed by atoms with Crippen LogP contribution in [0, 0.1) is 11.9 Å². The molecule has 2 nitrogen and oxygen atoms in total. The monoisotopic (exact) mass is 194 g/mol. The topological polar surface area (TPSA) is 38.9 Å². The highest BCUT2D eigenvalue weighted by molar-refractivity contribution is 5.16. The van der Waals surface area contributed by atoms with E-state index < -0.39 is 5.95 Å². The van der Waals surface area contributed by atoms with Crippen molar-refractivity contribution in [3.8, 4) is 0 Å². The van der Waals surface area contributed by atoms with Crippen molar-refractivity contribution in [3.05, 3.63) is 29.8 Å². The summed E-state index contributed by atoms with van der Waals surface area (Å²) < 4.78 is 13.3. The number of nitrogens with two attached hydrogens (primary N) is 1. The Balaban J connectivity index is 2.17. The van der Waals surface area contributed by atoms with Gasteiger partial charge in [0.15, 0.2) is 0 Å². The van der Waals surface area contributed by atoms with E-state index in [4.69, 9.17) is 5.73 Å². The molecule has 2 rings (SSSR count). The lowest BCUT2D eigenvalue weighted by Gasteiger charge is -2.18. The highest BCUT2D eigenvalue weighted by Gasteiger charge is 2.25. The van der Waals surface area contributed by atoms with Crippen LogP contribution in [0.3, 0.4) is 0 Å². The maximum absolute atomic E-state index is 13.3. The molecule has 0 bridgehead atoms. The van der Waals surface area contributed by atoms with Crippen molar-refractivity contribution in [1.29, 1.82) is 0 Å². The molecule has 1 saturated carbocycles. The minimum absolute atomic E-state index is 0.175. The van der Waals surface area contributed by atoms with Crippen LogP contribution in [0.15, 0.2) is 18.3 Å². The summed E-state index contributed by atoms with van der Waals surface area (Å²) in [6.45, 7) is 0. The molecule has 0 aliphatic heterocycles. The minimum Gasteiger partial charge on any atom is -0.324 e. The van der Waals surface area contributed by atoms with Crippen LogP contribution < -0.4 is 5.73 Å². The van der Waals surface area contributed by atoms with Crippen molar-refractivity contribution in [1.82, 2.24) is 4.98 Å². The van der Waals surface area contributed by atoms with Gasteiger partial charge in [0.1, 0.15) is 0 Å². The summed E-state index contributed by atoms with van der Waals surface area (Å²) in [7, 11) is 0. The molecule has 1 aromatic heterocycles. The van der Waals surface area contributed by atoms with Gasteiger partial charge in [-0.2, -0.15) is 4.39 Å². The third kappa shape index (κ3) is 1.77. The van der Waals surface area contributed by atoms with Gasteiger partial charge in [-0.3, -0.25) is 0 Å². The van der Waals surface area contributed by atoms with Crippen LogP contribution in [0.2, 0.25) is 0 Å². The van der Waals surface area contributed by atoms with E-state index in [9.17, 15) is 4.39 Å². The summed E-state index contributed by atoms with van der Waals surface area (Å²) in [4.78, 5) is 3.62. The predicted octanol–water partition coefficient (Wildman–Crippen LogP) is 2.41. The Hall–Kier alpha value is -0.960. The number of hydrogen-bond donors (Lipinski definition) is 1. The van der Waals surface area contributed by atoms with Crippen LogP contribution in [0.25, 0.3) is 0 Å². The molecule has 1 aliphatic carbocycles. The fourth-order valence-corrected chi connectivity index (χ4v) is 2.22. The van der Waals surface area contributed by atoms with Crippen LogP contribution in [0.4, 0.5) is 4.39 Å². The molecule has 0 radical (unpaired) electrons. The first kappa shape index (κ1) is 9.59. The highest BCUT2D eigenvalue weighted by Crippen LogP contribution is 2.34. The minimum atomic E-state index is -0.410. The first-order valence-electron chi connectivity index (χ1n) is 5.15. The van der Waals surface area contributed by atoms with E-state index in [2.05, 4.69) is 4.98 Å². The zero-order chi connectivity index (χ0) is 9.97. The molecule has 1 fully saturated rings. The molecule has 1 heterocycles. The standard InChI is InChI=1S/C11H15FN2/c12-11-9(6-3-7-14-11)10(13)8-4-1-2-5-8/h3,6-8,10H,1-2,4-5,13H2/t10-/m0/s1. The molecule has 0 saturated heterocycles. The van der Waals surface area contributed by atoms with Gasteiger partial charge in [-0.15, -0.1) is 0 Å². The van der Waals surface area contributed by atoms with E-state index in [0.29, 0.717) is 11.5 Å². The smallest absolute Gasteiger partial charge is 0.217 e. The number of nitrogens with zero attached hydrogens (tertiary/aromatic N) is 1. The van der Waals surface area contributed by atoms with Gasteiger partial charge in [0, 0.05) is 17.8 Å². The van der Waals surface area contributed by atoms with Gasteiger partial charge in [-0.25, -0.2) is 4.98 Å². The lowest BCUT2D eigenvalue weighted by molar-refractivity contribution is 0.422. The maximum Gasteiger partial charge on any atom is 0.217 e. The van der Waals surface area contributed by atoms with Gasteiger partial charge < -0.3 is 5.73 Å². The molecule has 0 amide bonds. The van der Waals surface area contributed by atoms with Crippen LogP contribution in [-0.4, -0.2) is 4.98 Å². The van der Waals surface area contributed by atoms with E-state index in [1.807, 2.05) is 0 Å².